The fraction of sp³-hybridized carbons (Fsp3) is 0.667. The number of sulfonamides is 1. The Balaban J connectivity index is 2.12. The third-order valence-corrected chi connectivity index (χ3v) is 3.94. The Morgan fingerprint density at radius 3 is 2.88 bits per heavy atom. The Kier molecular flexibility index (Phi) is 2.90. The van der Waals surface area contributed by atoms with E-state index >= 15 is 0 Å². The molecule has 0 aromatic carbocycles. The number of hydrogen-bond donors (Lipinski definition) is 2. The Hall–Kier alpha value is -1.08. The highest BCUT2D eigenvalue weighted by atomic mass is 32.2. The van der Waals surface area contributed by atoms with Crippen molar-refractivity contribution in [3.8, 4) is 0 Å². The van der Waals surface area contributed by atoms with Gasteiger partial charge in [0.25, 0.3) is 0 Å². The molecule has 1 aromatic rings. The maximum atomic E-state index is 11.7. The van der Waals surface area contributed by atoms with Crippen LogP contribution in [0.4, 0.5) is 5.82 Å². The minimum Gasteiger partial charge on any atom is -0.326 e. The van der Waals surface area contributed by atoms with Crippen molar-refractivity contribution in [1.82, 2.24) is 9.78 Å². The maximum Gasteiger partial charge on any atom is 0.234 e. The minimum absolute atomic E-state index is 0.188. The van der Waals surface area contributed by atoms with Crippen LogP contribution in [0.15, 0.2) is 6.20 Å². The molecule has 0 bridgehead atoms. The number of rotatable bonds is 5. The van der Waals surface area contributed by atoms with Gasteiger partial charge in [-0.3, -0.25) is 9.40 Å². The van der Waals surface area contributed by atoms with Crippen LogP contribution in [-0.2, 0) is 23.6 Å². The Morgan fingerprint density at radius 1 is 1.62 bits per heavy atom. The topological polar surface area (TPSA) is 90.0 Å². The van der Waals surface area contributed by atoms with Crippen LogP contribution in [0.5, 0.6) is 0 Å². The molecule has 16 heavy (non-hydrogen) atoms. The number of hydrogen-bond acceptors (Lipinski definition) is 4. The molecule has 0 spiro atoms. The number of aromatic nitrogens is 2. The summed E-state index contributed by atoms with van der Waals surface area (Å²) in [5, 5.41) is 4.04. The van der Waals surface area contributed by atoms with Crippen molar-refractivity contribution in [2.45, 2.75) is 19.4 Å². The number of nitrogens with one attached hydrogen (secondary N) is 1. The normalized spacial score (nSPS) is 16.4. The van der Waals surface area contributed by atoms with Gasteiger partial charge in [0.15, 0.2) is 5.82 Å². The van der Waals surface area contributed by atoms with Gasteiger partial charge in [-0.2, -0.15) is 5.10 Å². The second-order valence-corrected chi connectivity index (χ2v) is 5.97. The van der Waals surface area contributed by atoms with Gasteiger partial charge < -0.3 is 5.73 Å². The summed E-state index contributed by atoms with van der Waals surface area (Å²) in [6, 6.07) is 0. The molecule has 1 saturated carbocycles. The average Bonchev–Trinajstić information content (AvgIpc) is 2.89. The summed E-state index contributed by atoms with van der Waals surface area (Å²) in [4.78, 5) is 0. The van der Waals surface area contributed by atoms with Crippen molar-refractivity contribution in [3.63, 3.8) is 0 Å². The lowest BCUT2D eigenvalue weighted by Gasteiger charge is -2.05. The van der Waals surface area contributed by atoms with E-state index in [2.05, 4.69) is 9.82 Å². The van der Waals surface area contributed by atoms with E-state index in [1.54, 1.807) is 17.9 Å². The number of aryl methyl sites for hydroxylation is 1. The zero-order valence-corrected chi connectivity index (χ0v) is 10.00. The molecule has 3 N–H and O–H groups in total. The minimum atomic E-state index is -3.27. The van der Waals surface area contributed by atoms with Crippen molar-refractivity contribution >= 4 is 15.8 Å². The maximum absolute atomic E-state index is 11.7. The van der Waals surface area contributed by atoms with Crippen LogP contribution in [0.25, 0.3) is 0 Å². The Labute approximate surface area is 94.9 Å². The van der Waals surface area contributed by atoms with E-state index in [1.165, 1.54) is 0 Å². The first kappa shape index (κ1) is 11.4. The van der Waals surface area contributed by atoms with Crippen molar-refractivity contribution in [3.05, 3.63) is 11.8 Å². The van der Waals surface area contributed by atoms with Crippen LogP contribution in [-0.4, -0.2) is 24.0 Å². The zero-order valence-electron chi connectivity index (χ0n) is 9.18. The molecule has 90 valence electrons. The first-order valence-electron chi connectivity index (χ1n) is 5.23. The summed E-state index contributed by atoms with van der Waals surface area (Å²) >= 11 is 0. The summed E-state index contributed by atoms with van der Waals surface area (Å²) in [6.45, 7) is 0.273. The van der Waals surface area contributed by atoms with Crippen molar-refractivity contribution in [2.24, 2.45) is 18.7 Å². The van der Waals surface area contributed by atoms with Gasteiger partial charge in [-0.25, -0.2) is 8.42 Å². The van der Waals surface area contributed by atoms with Crippen LogP contribution in [0.2, 0.25) is 0 Å². The smallest absolute Gasteiger partial charge is 0.234 e. The third kappa shape index (κ3) is 2.73. The summed E-state index contributed by atoms with van der Waals surface area (Å²) in [5.74, 6) is 0.862. The molecule has 7 heteroatoms. The molecule has 1 heterocycles. The molecule has 1 aromatic heterocycles. The van der Waals surface area contributed by atoms with Crippen LogP contribution in [0.1, 0.15) is 18.4 Å². The highest BCUT2D eigenvalue weighted by molar-refractivity contribution is 7.92. The second-order valence-electron chi connectivity index (χ2n) is 4.21. The molecule has 1 fully saturated rings. The van der Waals surface area contributed by atoms with E-state index < -0.39 is 10.0 Å². The standard InChI is InChI=1S/C9H16N4O2S/c1-13-5-8(4-10)9(11-13)12-16(14,15)6-7-2-3-7/h5,7H,2-4,6,10H2,1H3,(H,11,12). The van der Waals surface area contributed by atoms with Gasteiger partial charge in [0.1, 0.15) is 0 Å². The average molecular weight is 244 g/mol. The lowest BCUT2D eigenvalue weighted by atomic mass is 10.3. The molecule has 0 amide bonds. The van der Waals surface area contributed by atoms with Crippen LogP contribution < -0.4 is 10.5 Å². The Bertz CT molecular complexity index is 476. The molecule has 1 aliphatic rings. The molecule has 0 saturated heterocycles. The lowest BCUT2D eigenvalue weighted by Crippen LogP contribution is -2.19. The van der Waals surface area contributed by atoms with E-state index in [9.17, 15) is 8.42 Å². The number of nitrogens with zero attached hydrogens (tertiary/aromatic N) is 2. The molecule has 2 rings (SSSR count). The van der Waals surface area contributed by atoms with E-state index in [4.69, 9.17) is 5.73 Å². The summed E-state index contributed by atoms with van der Waals surface area (Å²) in [5.41, 5.74) is 6.22. The summed E-state index contributed by atoms with van der Waals surface area (Å²) in [6.07, 6.45) is 3.73. The van der Waals surface area contributed by atoms with Crippen molar-refractivity contribution < 1.29 is 8.42 Å². The molecular formula is C9H16N4O2S. The Morgan fingerprint density at radius 2 is 2.31 bits per heavy atom. The monoisotopic (exact) mass is 244 g/mol. The highest BCUT2D eigenvalue weighted by Crippen LogP contribution is 2.30. The largest absolute Gasteiger partial charge is 0.326 e. The van der Waals surface area contributed by atoms with Gasteiger partial charge >= 0.3 is 0 Å². The SMILES string of the molecule is Cn1cc(CN)c(NS(=O)(=O)CC2CC2)n1. The van der Waals surface area contributed by atoms with Crippen molar-refractivity contribution in [2.75, 3.05) is 10.5 Å². The molecular weight excluding hydrogens is 228 g/mol. The quantitative estimate of drug-likeness (QED) is 0.764. The number of nitrogens with two attached hydrogens (primary N) is 1. The van der Waals surface area contributed by atoms with Gasteiger partial charge in [0.2, 0.25) is 10.0 Å². The van der Waals surface area contributed by atoms with Gasteiger partial charge in [0.05, 0.1) is 5.75 Å². The molecule has 0 atom stereocenters. The number of anilines is 1. The first-order chi connectivity index (χ1) is 7.50. The fourth-order valence-electron chi connectivity index (χ4n) is 1.56. The molecule has 0 radical (unpaired) electrons. The van der Waals surface area contributed by atoms with E-state index in [0.29, 0.717) is 17.3 Å². The van der Waals surface area contributed by atoms with Crippen molar-refractivity contribution in [1.29, 1.82) is 0 Å². The van der Waals surface area contributed by atoms with Gasteiger partial charge in [0, 0.05) is 25.4 Å². The second kappa shape index (κ2) is 4.06. The molecule has 0 unspecified atom stereocenters. The van der Waals surface area contributed by atoms with E-state index in [0.717, 1.165) is 12.8 Å². The predicted molar refractivity (Wildman–Crippen MR) is 61.2 cm³/mol. The molecule has 6 nitrogen and oxygen atoms in total. The van der Waals surface area contributed by atoms with Gasteiger partial charge in [-0.05, 0) is 18.8 Å². The summed E-state index contributed by atoms with van der Waals surface area (Å²) in [7, 11) is -1.54. The molecule has 1 aliphatic carbocycles. The predicted octanol–water partition coefficient (Wildman–Crippen LogP) is 0.0305. The lowest BCUT2D eigenvalue weighted by molar-refractivity contribution is 0.597. The van der Waals surface area contributed by atoms with E-state index in [1.807, 2.05) is 0 Å². The van der Waals surface area contributed by atoms with E-state index in [-0.39, 0.29) is 12.3 Å². The fourth-order valence-corrected chi connectivity index (χ4v) is 3.06. The highest BCUT2D eigenvalue weighted by Gasteiger charge is 2.28. The first-order valence-corrected chi connectivity index (χ1v) is 6.88. The summed E-state index contributed by atoms with van der Waals surface area (Å²) < 4.78 is 27.5. The van der Waals surface area contributed by atoms with Crippen LogP contribution >= 0.6 is 0 Å². The zero-order chi connectivity index (χ0) is 11.8. The van der Waals surface area contributed by atoms with Crippen LogP contribution in [0, 0.1) is 5.92 Å². The van der Waals surface area contributed by atoms with Gasteiger partial charge in [-0.15, -0.1) is 0 Å². The van der Waals surface area contributed by atoms with Gasteiger partial charge in [-0.1, -0.05) is 0 Å². The molecule has 0 aliphatic heterocycles. The third-order valence-electron chi connectivity index (χ3n) is 2.53. The van der Waals surface area contributed by atoms with Crippen LogP contribution in [0.3, 0.4) is 0 Å².